The van der Waals surface area contributed by atoms with Crippen molar-refractivity contribution in [2.45, 2.75) is 303 Å². The summed E-state index contributed by atoms with van der Waals surface area (Å²) in [7, 11) is 2.99. The van der Waals surface area contributed by atoms with Crippen LogP contribution >= 0.6 is 0 Å². The fraction of sp³-hybridized carbons (Fsp3) is 0.965. The molecule has 0 aliphatic rings. The molecular formula is C57H114N2O6. The lowest BCUT2D eigenvalue weighted by Crippen LogP contribution is -2.47. The molecule has 8 heteroatoms. The van der Waals surface area contributed by atoms with E-state index in [0.717, 1.165) is 58.3 Å². The average Bonchev–Trinajstić information content (AvgIpc) is 3.26. The summed E-state index contributed by atoms with van der Waals surface area (Å²) in [6, 6.07) is -0.833. The van der Waals surface area contributed by atoms with Crippen LogP contribution in [0.5, 0.6) is 0 Å². The van der Waals surface area contributed by atoms with Crippen LogP contribution in [0.1, 0.15) is 280 Å². The zero-order chi connectivity index (χ0) is 48.3. The SMILES string of the molecule is CCCCCCCCCCCCCCCCCCN(CCCCCN(CCCCCCCCCCCCCCCCCC)[C@@H](COC(C)(C)C)C(=O)OC)[C@@H](COC(C)(C)C)C(=O)OC. The molecule has 0 aliphatic heterocycles. The number of carbonyl (C=O) groups is 2. The number of methoxy groups -OCH3 is 2. The Morgan fingerprint density at radius 3 is 0.708 bits per heavy atom. The lowest BCUT2D eigenvalue weighted by Gasteiger charge is -2.33. The second-order valence-electron chi connectivity index (χ2n) is 21.7. The van der Waals surface area contributed by atoms with E-state index in [2.05, 4.69) is 23.6 Å². The molecule has 0 unspecified atom stereocenters. The molecule has 0 fully saturated rings. The van der Waals surface area contributed by atoms with Crippen molar-refractivity contribution in [2.24, 2.45) is 0 Å². The third-order valence-corrected chi connectivity index (χ3v) is 13.2. The highest BCUT2D eigenvalue weighted by molar-refractivity contribution is 5.76. The molecule has 0 radical (unpaired) electrons. The highest BCUT2D eigenvalue weighted by atomic mass is 16.5. The molecule has 0 heterocycles. The first kappa shape index (κ1) is 63.8. The first-order chi connectivity index (χ1) is 31.3. The van der Waals surface area contributed by atoms with Crippen molar-refractivity contribution in [3.8, 4) is 0 Å². The molecule has 0 saturated heterocycles. The molecule has 8 nitrogen and oxygen atoms in total. The Balaban J connectivity index is 5.04. The predicted octanol–water partition coefficient (Wildman–Crippen LogP) is 16.0. The van der Waals surface area contributed by atoms with Crippen molar-refractivity contribution in [3.05, 3.63) is 0 Å². The van der Waals surface area contributed by atoms with Crippen LogP contribution in [0.4, 0.5) is 0 Å². The van der Waals surface area contributed by atoms with E-state index in [1.54, 1.807) is 0 Å². The van der Waals surface area contributed by atoms with Crippen LogP contribution in [0, 0.1) is 0 Å². The number of hydrogen-bond acceptors (Lipinski definition) is 8. The Bertz CT molecular complexity index is 962. The molecule has 0 spiro atoms. The Morgan fingerprint density at radius 1 is 0.338 bits per heavy atom. The van der Waals surface area contributed by atoms with Gasteiger partial charge in [0.2, 0.25) is 0 Å². The first-order valence-electron chi connectivity index (χ1n) is 28.2. The molecule has 0 amide bonds. The predicted molar refractivity (Wildman–Crippen MR) is 279 cm³/mol. The highest BCUT2D eigenvalue weighted by Crippen LogP contribution is 2.19. The molecule has 0 aliphatic carbocycles. The Kier molecular flexibility index (Phi) is 43.2. The lowest BCUT2D eigenvalue weighted by atomic mass is 10.0. The summed E-state index contributed by atoms with van der Waals surface area (Å²) in [5.74, 6) is -0.425. The largest absolute Gasteiger partial charge is 0.468 e. The van der Waals surface area contributed by atoms with E-state index in [-0.39, 0.29) is 23.1 Å². The fourth-order valence-electron chi connectivity index (χ4n) is 8.95. The molecule has 0 aromatic rings. The quantitative estimate of drug-likeness (QED) is 0.0441. The van der Waals surface area contributed by atoms with Gasteiger partial charge < -0.3 is 18.9 Å². The van der Waals surface area contributed by atoms with Crippen LogP contribution in [0.2, 0.25) is 0 Å². The maximum absolute atomic E-state index is 13.2. The molecule has 65 heavy (non-hydrogen) atoms. The Morgan fingerprint density at radius 2 is 0.523 bits per heavy atom. The molecule has 0 aromatic heterocycles. The maximum atomic E-state index is 13.2. The number of rotatable bonds is 48. The Labute approximate surface area is 405 Å². The van der Waals surface area contributed by atoms with E-state index in [1.165, 1.54) is 207 Å². The van der Waals surface area contributed by atoms with Crippen LogP contribution in [0.15, 0.2) is 0 Å². The second kappa shape index (κ2) is 44.0. The normalized spacial score (nSPS) is 13.2. The number of nitrogens with zero attached hydrogens (tertiary/aromatic N) is 2. The zero-order valence-corrected chi connectivity index (χ0v) is 45.5. The number of esters is 2. The van der Waals surface area contributed by atoms with Gasteiger partial charge in [-0.2, -0.15) is 0 Å². The fourth-order valence-corrected chi connectivity index (χ4v) is 8.95. The smallest absolute Gasteiger partial charge is 0.325 e. The van der Waals surface area contributed by atoms with E-state index in [9.17, 15) is 9.59 Å². The summed E-state index contributed by atoms with van der Waals surface area (Å²) in [5, 5.41) is 0. The maximum Gasteiger partial charge on any atom is 0.325 e. The van der Waals surface area contributed by atoms with Gasteiger partial charge in [0.15, 0.2) is 0 Å². The first-order valence-corrected chi connectivity index (χ1v) is 28.2. The topological polar surface area (TPSA) is 77.5 Å². The molecule has 388 valence electrons. The van der Waals surface area contributed by atoms with Crippen molar-refractivity contribution < 1.29 is 28.5 Å². The van der Waals surface area contributed by atoms with Gasteiger partial charge in [0, 0.05) is 0 Å². The number of carbonyl (C=O) groups excluding carboxylic acids is 2. The van der Waals surface area contributed by atoms with Gasteiger partial charge in [-0.3, -0.25) is 19.4 Å². The van der Waals surface area contributed by atoms with E-state index in [4.69, 9.17) is 18.9 Å². The van der Waals surface area contributed by atoms with Gasteiger partial charge in [0.25, 0.3) is 0 Å². The van der Waals surface area contributed by atoms with Crippen molar-refractivity contribution in [1.82, 2.24) is 9.80 Å². The van der Waals surface area contributed by atoms with E-state index in [0.29, 0.717) is 13.2 Å². The van der Waals surface area contributed by atoms with Gasteiger partial charge in [-0.05, 0) is 93.4 Å². The summed E-state index contributed by atoms with van der Waals surface area (Å²) < 4.78 is 23.1. The van der Waals surface area contributed by atoms with Crippen molar-refractivity contribution in [1.29, 1.82) is 0 Å². The number of hydrogen-bond donors (Lipinski definition) is 0. The van der Waals surface area contributed by atoms with Gasteiger partial charge in [0.1, 0.15) is 12.1 Å². The third kappa shape index (κ3) is 41.5. The van der Waals surface area contributed by atoms with E-state index in [1.807, 2.05) is 41.5 Å². The lowest BCUT2D eigenvalue weighted by molar-refractivity contribution is -0.152. The zero-order valence-electron chi connectivity index (χ0n) is 45.5. The van der Waals surface area contributed by atoms with Gasteiger partial charge in [-0.15, -0.1) is 0 Å². The van der Waals surface area contributed by atoms with Gasteiger partial charge >= 0.3 is 11.9 Å². The molecule has 0 rings (SSSR count). The minimum atomic E-state index is -0.416. The molecule has 0 bridgehead atoms. The number of ether oxygens (including phenoxy) is 4. The molecule has 0 aromatic carbocycles. The third-order valence-electron chi connectivity index (χ3n) is 13.2. The highest BCUT2D eigenvalue weighted by Gasteiger charge is 2.30. The van der Waals surface area contributed by atoms with Crippen molar-refractivity contribution in [2.75, 3.05) is 53.6 Å². The monoisotopic (exact) mass is 923 g/mol. The summed E-state index contributed by atoms with van der Waals surface area (Å²) >= 11 is 0. The van der Waals surface area contributed by atoms with Crippen molar-refractivity contribution >= 4 is 11.9 Å². The Hall–Kier alpha value is -1.22. The van der Waals surface area contributed by atoms with Gasteiger partial charge in [-0.25, -0.2) is 0 Å². The summed E-state index contributed by atoms with van der Waals surface area (Å²) in [4.78, 5) is 31.1. The van der Waals surface area contributed by atoms with E-state index < -0.39 is 12.1 Å². The van der Waals surface area contributed by atoms with Crippen LogP contribution < -0.4 is 0 Å². The minimum Gasteiger partial charge on any atom is -0.468 e. The van der Waals surface area contributed by atoms with Crippen LogP contribution in [0.25, 0.3) is 0 Å². The number of unbranched alkanes of at least 4 members (excludes halogenated alkanes) is 32. The van der Waals surface area contributed by atoms with Gasteiger partial charge in [0.05, 0.1) is 38.6 Å². The van der Waals surface area contributed by atoms with Gasteiger partial charge in [-0.1, -0.05) is 213 Å². The summed E-state index contributed by atoms with van der Waals surface area (Å²) in [5.41, 5.74) is -0.677. The van der Waals surface area contributed by atoms with Crippen molar-refractivity contribution in [3.63, 3.8) is 0 Å². The summed E-state index contributed by atoms with van der Waals surface area (Å²) in [6.45, 7) is 20.9. The van der Waals surface area contributed by atoms with E-state index >= 15 is 0 Å². The molecule has 0 saturated carbocycles. The van der Waals surface area contributed by atoms with Crippen LogP contribution in [-0.4, -0.2) is 98.6 Å². The molecular weight excluding hydrogens is 809 g/mol. The van der Waals surface area contributed by atoms with Crippen LogP contribution in [0.3, 0.4) is 0 Å². The minimum absolute atomic E-state index is 0.213. The molecule has 0 N–H and O–H groups in total. The van der Waals surface area contributed by atoms with Crippen LogP contribution in [-0.2, 0) is 28.5 Å². The second-order valence-corrected chi connectivity index (χ2v) is 21.7. The standard InChI is InChI=1S/C57H114N2O6/c1-11-13-15-17-19-21-23-25-27-29-31-33-35-37-39-42-46-58(52(54(60)62-9)50-64-56(3,4)5)48-44-41-45-49-59(53(55(61)63-10)51-65-57(6,7)8)47-43-40-38-36-34-32-30-28-26-24-22-20-18-16-14-12-2/h52-53H,11-51H2,1-10H3/t52-,53-/m0/s1. The summed E-state index contributed by atoms with van der Waals surface area (Å²) in [6.07, 6.45) is 46.0. The molecule has 2 atom stereocenters. The average molecular weight is 924 g/mol.